The van der Waals surface area contributed by atoms with Crippen LogP contribution in [0.25, 0.3) is 5.65 Å². The van der Waals surface area contributed by atoms with Crippen molar-refractivity contribution in [3.8, 4) is 5.88 Å². The molecule has 112 valence electrons. The van der Waals surface area contributed by atoms with E-state index in [4.69, 9.17) is 14.6 Å². The number of hydrogen-bond donors (Lipinski definition) is 0. The monoisotopic (exact) mass is 287 g/mol. The van der Waals surface area contributed by atoms with Gasteiger partial charge in [0.25, 0.3) is 0 Å². The van der Waals surface area contributed by atoms with Crippen LogP contribution in [0.3, 0.4) is 0 Å². The predicted molar refractivity (Wildman–Crippen MR) is 80.9 cm³/mol. The van der Waals surface area contributed by atoms with Crippen LogP contribution >= 0.6 is 0 Å². The van der Waals surface area contributed by atoms with Crippen molar-refractivity contribution in [2.45, 2.75) is 32.6 Å². The first kappa shape index (κ1) is 14.1. The quantitative estimate of drug-likeness (QED) is 0.811. The normalized spacial score (nSPS) is 16.3. The van der Waals surface area contributed by atoms with E-state index in [1.54, 1.807) is 6.08 Å². The van der Waals surface area contributed by atoms with E-state index in [0.29, 0.717) is 12.5 Å². The van der Waals surface area contributed by atoms with Crippen molar-refractivity contribution in [2.24, 2.45) is 0 Å². The molecular weight excluding hydrogens is 266 g/mol. The van der Waals surface area contributed by atoms with Gasteiger partial charge < -0.3 is 9.47 Å². The number of rotatable bonds is 4. The van der Waals surface area contributed by atoms with Gasteiger partial charge in [-0.1, -0.05) is 12.7 Å². The maximum Gasteiger partial charge on any atom is 0.221 e. The number of fused-ring (bicyclic) bond motifs is 1. The summed E-state index contributed by atoms with van der Waals surface area (Å²) in [6.07, 6.45) is 3.78. The largest absolute Gasteiger partial charge is 0.473 e. The molecule has 0 amide bonds. The van der Waals surface area contributed by atoms with E-state index in [1.807, 2.05) is 18.4 Å². The molecule has 2 aromatic heterocycles. The third-order valence-electron chi connectivity index (χ3n) is 4.03. The summed E-state index contributed by atoms with van der Waals surface area (Å²) in [5.74, 6) is 1.21. The average molecular weight is 287 g/mol. The van der Waals surface area contributed by atoms with Crippen molar-refractivity contribution in [3.63, 3.8) is 0 Å². The van der Waals surface area contributed by atoms with E-state index >= 15 is 0 Å². The van der Waals surface area contributed by atoms with E-state index in [9.17, 15) is 0 Å². The topological polar surface area (TPSA) is 48.7 Å². The van der Waals surface area contributed by atoms with E-state index in [1.165, 1.54) is 0 Å². The zero-order chi connectivity index (χ0) is 14.8. The van der Waals surface area contributed by atoms with Gasteiger partial charge in [-0.15, -0.1) is 0 Å². The fraction of sp³-hybridized carbons (Fsp3) is 0.500. The summed E-state index contributed by atoms with van der Waals surface area (Å²) in [5.41, 5.74) is 3.92. The van der Waals surface area contributed by atoms with Gasteiger partial charge in [0.2, 0.25) is 5.88 Å². The second-order valence-electron chi connectivity index (χ2n) is 5.45. The van der Waals surface area contributed by atoms with E-state index in [-0.39, 0.29) is 0 Å². The zero-order valence-corrected chi connectivity index (χ0v) is 12.6. The van der Waals surface area contributed by atoms with Gasteiger partial charge in [-0.3, -0.25) is 0 Å². The van der Waals surface area contributed by atoms with Crippen LogP contribution in [0.15, 0.2) is 18.7 Å². The highest BCUT2D eigenvalue weighted by Crippen LogP contribution is 2.29. The second-order valence-corrected chi connectivity index (χ2v) is 5.45. The van der Waals surface area contributed by atoms with E-state index < -0.39 is 0 Å². The Morgan fingerprint density at radius 1 is 1.43 bits per heavy atom. The van der Waals surface area contributed by atoms with Crippen LogP contribution in [0.2, 0.25) is 0 Å². The highest BCUT2D eigenvalue weighted by molar-refractivity contribution is 5.47. The molecule has 1 saturated heterocycles. The average Bonchev–Trinajstić information content (AvgIpc) is 2.92. The highest BCUT2D eigenvalue weighted by atomic mass is 16.5. The number of aryl methyl sites for hydroxylation is 1. The minimum Gasteiger partial charge on any atom is -0.473 e. The highest BCUT2D eigenvalue weighted by Gasteiger charge is 2.21. The van der Waals surface area contributed by atoms with Crippen LogP contribution in [-0.4, -0.2) is 34.4 Å². The van der Waals surface area contributed by atoms with Gasteiger partial charge in [0, 0.05) is 36.5 Å². The Balaban J connectivity index is 2.04. The zero-order valence-electron chi connectivity index (χ0n) is 12.6. The first-order chi connectivity index (χ1) is 10.2. The molecule has 0 unspecified atom stereocenters. The van der Waals surface area contributed by atoms with Crippen LogP contribution < -0.4 is 4.74 Å². The summed E-state index contributed by atoms with van der Waals surface area (Å²) in [7, 11) is 0. The lowest BCUT2D eigenvalue weighted by molar-refractivity contribution is 0.0844. The Bertz CT molecular complexity index is 657. The van der Waals surface area contributed by atoms with Crippen LogP contribution in [0, 0.1) is 13.8 Å². The van der Waals surface area contributed by atoms with Gasteiger partial charge in [0.05, 0.1) is 5.69 Å². The summed E-state index contributed by atoms with van der Waals surface area (Å²) in [5, 5.41) is 4.73. The second kappa shape index (κ2) is 5.85. The molecular formula is C16H21N3O2. The Morgan fingerprint density at radius 3 is 2.90 bits per heavy atom. The molecule has 0 aliphatic carbocycles. The molecule has 0 bridgehead atoms. The van der Waals surface area contributed by atoms with E-state index in [2.05, 4.69) is 17.6 Å². The smallest absolute Gasteiger partial charge is 0.221 e. The number of aromatic nitrogens is 3. The Hall–Kier alpha value is -1.88. The molecule has 1 aliphatic rings. The maximum atomic E-state index is 5.80. The van der Waals surface area contributed by atoms with Crippen LogP contribution in [0.4, 0.5) is 0 Å². The Morgan fingerprint density at radius 2 is 2.19 bits per heavy atom. The first-order valence-corrected chi connectivity index (χ1v) is 7.39. The molecule has 0 spiro atoms. The minimum absolute atomic E-state index is 0.452. The van der Waals surface area contributed by atoms with Gasteiger partial charge in [0.1, 0.15) is 6.61 Å². The van der Waals surface area contributed by atoms with Gasteiger partial charge in [-0.05, 0) is 26.7 Å². The van der Waals surface area contributed by atoms with Crippen molar-refractivity contribution < 1.29 is 9.47 Å². The van der Waals surface area contributed by atoms with Crippen molar-refractivity contribution in [3.05, 3.63) is 35.7 Å². The summed E-state index contributed by atoms with van der Waals surface area (Å²) in [6, 6.07) is 2.07. The van der Waals surface area contributed by atoms with Crippen molar-refractivity contribution in [2.75, 3.05) is 19.8 Å². The summed E-state index contributed by atoms with van der Waals surface area (Å²) in [6.45, 7) is 9.79. The molecule has 3 heterocycles. The summed E-state index contributed by atoms with van der Waals surface area (Å²) < 4.78 is 13.0. The lowest BCUT2D eigenvalue weighted by Crippen LogP contribution is -2.14. The van der Waals surface area contributed by atoms with Gasteiger partial charge in [-0.25, -0.2) is 4.98 Å². The first-order valence-electron chi connectivity index (χ1n) is 7.39. The van der Waals surface area contributed by atoms with Crippen molar-refractivity contribution in [1.29, 1.82) is 0 Å². The van der Waals surface area contributed by atoms with Crippen LogP contribution in [0.5, 0.6) is 5.88 Å². The van der Waals surface area contributed by atoms with Crippen molar-refractivity contribution >= 4 is 5.65 Å². The molecule has 3 rings (SSSR count). The summed E-state index contributed by atoms with van der Waals surface area (Å²) >= 11 is 0. The van der Waals surface area contributed by atoms with Crippen LogP contribution in [0.1, 0.15) is 35.7 Å². The molecule has 0 atom stereocenters. The standard InChI is InChI=1S/C16H21N3O2/c1-4-7-21-16-11(2)12(3)17-15-10-14(18-19(15)16)13-5-8-20-9-6-13/h4,10,13H,1,5-9H2,2-3H3. The van der Waals surface area contributed by atoms with Gasteiger partial charge in [-0.2, -0.15) is 9.61 Å². The molecule has 5 nitrogen and oxygen atoms in total. The molecule has 0 radical (unpaired) electrons. The number of hydrogen-bond acceptors (Lipinski definition) is 4. The Labute approximate surface area is 124 Å². The molecule has 21 heavy (non-hydrogen) atoms. The molecule has 1 fully saturated rings. The Kier molecular flexibility index (Phi) is 3.92. The molecule has 0 saturated carbocycles. The number of ether oxygens (including phenoxy) is 2. The predicted octanol–water partition coefficient (Wildman–Crippen LogP) is 2.80. The molecule has 2 aromatic rings. The van der Waals surface area contributed by atoms with Gasteiger partial charge in [0.15, 0.2) is 5.65 Å². The summed E-state index contributed by atoms with van der Waals surface area (Å²) in [4.78, 5) is 4.62. The lowest BCUT2D eigenvalue weighted by Gasteiger charge is -2.19. The maximum absolute atomic E-state index is 5.80. The third-order valence-corrected chi connectivity index (χ3v) is 4.03. The molecule has 0 N–H and O–H groups in total. The number of nitrogens with zero attached hydrogens (tertiary/aromatic N) is 3. The van der Waals surface area contributed by atoms with Crippen molar-refractivity contribution in [1.82, 2.24) is 14.6 Å². The molecule has 1 aliphatic heterocycles. The van der Waals surface area contributed by atoms with E-state index in [0.717, 1.165) is 54.5 Å². The third kappa shape index (κ3) is 2.65. The van der Waals surface area contributed by atoms with Crippen LogP contribution in [-0.2, 0) is 4.74 Å². The molecule has 0 aromatic carbocycles. The lowest BCUT2D eigenvalue weighted by atomic mass is 9.97. The fourth-order valence-corrected chi connectivity index (χ4v) is 2.69. The SMILES string of the molecule is C=CCOc1c(C)c(C)nc2cc(C3CCOCC3)nn12. The van der Waals surface area contributed by atoms with Gasteiger partial charge >= 0.3 is 0 Å². The fourth-order valence-electron chi connectivity index (χ4n) is 2.69. The molecule has 5 heteroatoms. The minimum atomic E-state index is 0.452.